The molecule has 132 valence electrons. The molecule has 0 bridgehead atoms. The summed E-state index contributed by atoms with van der Waals surface area (Å²) < 4.78 is 0. The molecule has 0 spiro atoms. The minimum Gasteiger partial charge on any atom is -0.322 e. The molecule has 1 atom stereocenters. The van der Waals surface area contributed by atoms with Crippen molar-refractivity contribution in [1.82, 2.24) is 20.1 Å². The zero-order valence-corrected chi connectivity index (χ0v) is 16.3. The van der Waals surface area contributed by atoms with Crippen LogP contribution in [0.2, 0.25) is 0 Å². The Morgan fingerprint density at radius 2 is 1.92 bits per heavy atom. The fourth-order valence-electron chi connectivity index (χ4n) is 2.54. The molecule has 6 nitrogen and oxygen atoms in total. The first-order valence-electron chi connectivity index (χ1n) is 8.19. The van der Waals surface area contributed by atoms with Crippen LogP contribution in [0.3, 0.4) is 0 Å². The second-order valence-corrected chi connectivity index (χ2v) is 7.67. The van der Waals surface area contributed by atoms with Gasteiger partial charge in [0.2, 0.25) is 5.91 Å². The van der Waals surface area contributed by atoms with Crippen LogP contribution in [0.25, 0.3) is 0 Å². The molecule has 2 aromatic heterocycles. The lowest BCUT2D eigenvalue weighted by molar-refractivity contribution is -0.117. The Balaban J connectivity index is 2.03. The van der Waals surface area contributed by atoms with Gasteiger partial charge in [0.25, 0.3) is 0 Å². The van der Waals surface area contributed by atoms with Crippen molar-refractivity contribution < 1.29 is 4.79 Å². The number of rotatable bonds is 6. The molecular formula is C17H27N5OS. The fraction of sp³-hybridized carbons (Fsp3) is 0.588. The van der Waals surface area contributed by atoms with E-state index in [4.69, 9.17) is 0 Å². The molecule has 2 rings (SSSR count). The van der Waals surface area contributed by atoms with Crippen molar-refractivity contribution in [3.8, 4) is 0 Å². The lowest BCUT2D eigenvalue weighted by Crippen LogP contribution is -2.32. The van der Waals surface area contributed by atoms with Crippen molar-refractivity contribution in [2.75, 3.05) is 18.9 Å². The molecule has 2 heterocycles. The number of hydrogen-bond acceptors (Lipinski definition) is 5. The summed E-state index contributed by atoms with van der Waals surface area (Å²) in [6, 6.07) is 0.146. The molecule has 7 heteroatoms. The number of nitrogens with one attached hydrogen (secondary N) is 2. The molecule has 0 saturated carbocycles. The van der Waals surface area contributed by atoms with Crippen molar-refractivity contribution in [3.63, 3.8) is 0 Å². The van der Waals surface area contributed by atoms with Crippen molar-refractivity contribution in [3.05, 3.63) is 27.0 Å². The first-order valence-corrected chi connectivity index (χ1v) is 9.01. The van der Waals surface area contributed by atoms with Gasteiger partial charge in [-0.05, 0) is 34.7 Å². The van der Waals surface area contributed by atoms with Gasteiger partial charge in [0.15, 0.2) is 0 Å². The molecule has 1 amide bonds. The summed E-state index contributed by atoms with van der Waals surface area (Å²) >= 11 is 1.74. The molecular weight excluding hydrogens is 322 g/mol. The van der Waals surface area contributed by atoms with Gasteiger partial charge in [0, 0.05) is 16.8 Å². The predicted octanol–water partition coefficient (Wildman–Crippen LogP) is 3.55. The molecule has 0 aliphatic rings. The predicted molar refractivity (Wildman–Crippen MR) is 98.7 cm³/mol. The number of nitrogens with zero attached hydrogens (tertiary/aromatic N) is 3. The first kappa shape index (κ1) is 18.6. The topological polar surface area (TPSA) is 73.9 Å². The van der Waals surface area contributed by atoms with Crippen LogP contribution >= 0.6 is 11.3 Å². The summed E-state index contributed by atoms with van der Waals surface area (Å²) in [5.41, 5.74) is 3.51. The smallest absolute Gasteiger partial charge is 0.238 e. The second kappa shape index (κ2) is 7.44. The second-order valence-electron chi connectivity index (χ2n) is 6.60. The Bertz CT molecular complexity index is 699. The van der Waals surface area contributed by atoms with E-state index in [1.807, 2.05) is 32.7 Å². The molecule has 2 N–H and O–H groups in total. The summed E-state index contributed by atoms with van der Waals surface area (Å²) in [7, 11) is 1.97. The lowest BCUT2D eigenvalue weighted by Gasteiger charge is -2.23. The number of carbonyl (C=O) groups excluding carboxylic acids is 1. The van der Waals surface area contributed by atoms with Crippen molar-refractivity contribution >= 4 is 22.9 Å². The molecule has 0 radical (unpaired) electrons. The van der Waals surface area contributed by atoms with Crippen LogP contribution in [-0.4, -0.2) is 39.6 Å². The number of likely N-dealkylation sites (N-methyl/N-ethyl adjacent to an activating group) is 1. The van der Waals surface area contributed by atoms with Crippen LogP contribution < -0.4 is 5.32 Å². The van der Waals surface area contributed by atoms with E-state index in [0.29, 0.717) is 12.5 Å². The van der Waals surface area contributed by atoms with Crippen LogP contribution in [0.1, 0.15) is 59.7 Å². The molecule has 2 aromatic rings. The minimum absolute atomic E-state index is 0.0387. The van der Waals surface area contributed by atoms with Gasteiger partial charge in [0.1, 0.15) is 0 Å². The maximum Gasteiger partial charge on any atom is 0.238 e. The van der Waals surface area contributed by atoms with Gasteiger partial charge >= 0.3 is 0 Å². The van der Waals surface area contributed by atoms with Crippen LogP contribution in [0.5, 0.6) is 0 Å². The average Bonchev–Trinajstić information content (AvgIpc) is 3.04. The number of aryl methyl sites for hydroxylation is 3. The maximum absolute atomic E-state index is 12.4. The largest absolute Gasteiger partial charge is 0.322 e. The Morgan fingerprint density at radius 3 is 2.42 bits per heavy atom. The highest BCUT2D eigenvalue weighted by Crippen LogP contribution is 2.31. The molecule has 24 heavy (non-hydrogen) atoms. The Kier molecular flexibility index (Phi) is 5.77. The quantitative estimate of drug-likeness (QED) is 0.836. The number of H-pyrrole nitrogens is 1. The molecule has 1 unspecified atom stereocenters. The Hall–Kier alpha value is -1.73. The average molecular weight is 350 g/mol. The van der Waals surface area contributed by atoms with Crippen LogP contribution in [0.4, 0.5) is 5.69 Å². The summed E-state index contributed by atoms with van der Waals surface area (Å²) in [5.74, 6) is 0.387. The first-order chi connectivity index (χ1) is 11.2. The van der Waals surface area contributed by atoms with E-state index in [1.165, 1.54) is 4.88 Å². The van der Waals surface area contributed by atoms with E-state index in [9.17, 15) is 4.79 Å². The number of thiazole rings is 1. The van der Waals surface area contributed by atoms with E-state index in [-0.39, 0.29) is 11.9 Å². The molecule has 0 aliphatic heterocycles. The summed E-state index contributed by atoms with van der Waals surface area (Å²) in [5, 5.41) is 11.1. The van der Waals surface area contributed by atoms with E-state index in [0.717, 1.165) is 27.8 Å². The van der Waals surface area contributed by atoms with Gasteiger partial charge in [-0.25, -0.2) is 4.98 Å². The molecule has 0 aliphatic carbocycles. The van der Waals surface area contributed by atoms with Gasteiger partial charge in [-0.3, -0.25) is 14.8 Å². The Morgan fingerprint density at radius 1 is 1.25 bits per heavy atom. The third kappa shape index (κ3) is 4.02. The monoisotopic (exact) mass is 349 g/mol. The zero-order chi connectivity index (χ0) is 18.0. The van der Waals surface area contributed by atoms with E-state index < -0.39 is 0 Å². The summed E-state index contributed by atoms with van der Waals surface area (Å²) in [6.07, 6.45) is 0. The standard InChI is InChI=1S/C17H27N5OS/c1-9(2)17-18-12(5)16(24-17)13(6)22(7)8-14(23)19-15-10(3)20-21-11(15)4/h9,13H,8H2,1-7H3,(H,19,23)(H,20,21). The SMILES string of the molecule is Cc1nc(C(C)C)sc1C(C)N(C)CC(=O)Nc1c(C)n[nH]c1C. The maximum atomic E-state index is 12.4. The summed E-state index contributed by atoms with van der Waals surface area (Å²) in [4.78, 5) is 20.3. The molecule has 0 saturated heterocycles. The number of aromatic nitrogens is 3. The number of hydrogen-bond donors (Lipinski definition) is 2. The van der Waals surface area contributed by atoms with Crippen LogP contribution in [0, 0.1) is 20.8 Å². The van der Waals surface area contributed by atoms with Crippen molar-refractivity contribution in [1.29, 1.82) is 0 Å². The number of aromatic amines is 1. The van der Waals surface area contributed by atoms with Gasteiger partial charge in [-0.15, -0.1) is 11.3 Å². The molecule has 0 aromatic carbocycles. The number of carbonyl (C=O) groups is 1. The van der Waals surface area contributed by atoms with E-state index in [1.54, 1.807) is 11.3 Å². The minimum atomic E-state index is -0.0387. The number of amides is 1. The number of anilines is 1. The van der Waals surface area contributed by atoms with E-state index in [2.05, 4.69) is 41.3 Å². The third-order valence-electron chi connectivity index (χ3n) is 4.17. The van der Waals surface area contributed by atoms with Crippen LogP contribution in [-0.2, 0) is 4.79 Å². The third-order valence-corrected chi connectivity index (χ3v) is 5.80. The van der Waals surface area contributed by atoms with Crippen molar-refractivity contribution in [2.24, 2.45) is 0 Å². The summed E-state index contributed by atoms with van der Waals surface area (Å²) in [6.45, 7) is 12.6. The van der Waals surface area contributed by atoms with Gasteiger partial charge in [0.05, 0.1) is 34.3 Å². The Labute approximate surface area is 147 Å². The fourth-order valence-corrected chi connectivity index (χ4v) is 3.73. The highest BCUT2D eigenvalue weighted by Gasteiger charge is 2.21. The normalized spacial score (nSPS) is 12.9. The van der Waals surface area contributed by atoms with Crippen LogP contribution in [0.15, 0.2) is 0 Å². The van der Waals surface area contributed by atoms with Crippen molar-refractivity contribution in [2.45, 2.75) is 53.5 Å². The highest BCUT2D eigenvalue weighted by atomic mass is 32.1. The highest BCUT2D eigenvalue weighted by molar-refractivity contribution is 7.11. The van der Waals surface area contributed by atoms with Gasteiger partial charge < -0.3 is 5.32 Å². The van der Waals surface area contributed by atoms with E-state index >= 15 is 0 Å². The van der Waals surface area contributed by atoms with Gasteiger partial charge in [-0.2, -0.15) is 5.10 Å². The lowest BCUT2D eigenvalue weighted by atomic mass is 10.2. The van der Waals surface area contributed by atoms with Gasteiger partial charge in [-0.1, -0.05) is 13.8 Å². The zero-order valence-electron chi connectivity index (χ0n) is 15.5. The molecule has 0 fully saturated rings.